The Bertz CT molecular complexity index is 839. The molecule has 3 aromatic rings. The second kappa shape index (κ2) is 7.57. The Hall–Kier alpha value is -2.92. The molecule has 0 aliphatic rings. The molecule has 0 radical (unpaired) electrons. The van der Waals surface area contributed by atoms with Crippen molar-refractivity contribution in [1.82, 2.24) is 15.3 Å². The first-order valence-corrected chi connectivity index (χ1v) is 7.73. The quantitative estimate of drug-likeness (QED) is 0.742. The molecule has 0 saturated carbocycles. The molecule has 5 nitrogen and oxygen atoms in total. The summed E-state index contributed by atoms with van der Waals surface area (Å²) in [6.07, 6.45) is 6.57. The highest BCUT2D eigenvalue weighted by molar-refractivity contribution is 6.30. The molecule has 0 bridgehead atoms. The average molecular weight is 339 g/mol. The average Bonchev–Trinajstić information content (AvgIpc) is 2.61. The lowest BCUT2D eigenvalue weighted by molar-refractivity contribution is 0.0950. The normalized spacial score (nSPS) is 10.2. The Morgan fingerprint density at radius 2 is 1.83 bits per heavy atom. The zero-order chi connectivity index (χ0) is 16.8. The van der Waals surface area contributed by atoms with Crippen LogP contribution in [0.3, 0.4) is 0 Å². The Labute approximate surface area is 144 Å². The number of nitrogens with zero attached hydrogens (tertiary/aromatic N) is 2. The van der Waals surface area contributed by atoms with Crippen molar-refractivity contribution in [2.45, 2.75) is 6.54 Å². The maximum absolute atomic E-state index is 12.3. The predicted molar refractivity (Wildman–Crippen MR) is 94.4 cm³/mol. The summed E-state index contributed by atoms with van der Waals surface area (Å²) >= 11 is 5.97. The van der Waals surface area contributed by atoms with E-state index in [9.17, 15) is 4.79 Å². The highest BCUT2D eigenvalue weighted by atomic mass is 35.5. The number of carbonyl (C=O) groups is 1. The van der Waals surface area contributed by atoms with Crippen molar-refractivity contribution < 1.29 is 4.79 Å². The second-order valence-electron chi connectivity index (χ2n) is 5.14. The molecule has 3 rings (SSSR count). The van der Waals surface area contributed by atoms with Crippen molar-refractivity contribution in [3.05, 3.63) is 83.4 Å². The van der Waals surface area contributed by atoms with Gasteiger partial charge >= 0.3 is 0 Å². The van der Waals surface area contributed by atoms with Crippen LogP contribution in [-0.4, -0.2) is 15.9 Å². The lowest BCUT2D eigenvalue weighted by Gasteiger charge is -2.09. The Kier molecular flexibility index (Phi) is 5.03. The largest absolute Gasteiger partial charge is 0.354 e. The third-order valence-electron chi connectivity index (χ3n) is 3.32. The summed E-state index contributed by atoms with van der Waals surface area (Å²) in [7, 11) is 0. The van der Waals surface area contributed by atoms with Crippen molar-refractivity contribution in [2.75, 3.05) is 5.32 Å². The van der Waals surface area contributed by atoms with Gasteiger partial charge in [0.05, 0.1) is 17.4 Å². The van der Waals surface area contributed by atoms with Gasteiger partial charge in [-0.3, -0.25) is 14.8 Å². The number of rotatable bonds is 5. The van der Waals surface area contributed by atoms with Gasteiger partial charge in [-0.2, -0.15) is 0 Å². The van der Waals surface area contributed by atoms with Gasteiger partial charge in [0.1, 0.15) is 0 Å². The van der Waals surface area contributed by atoms with Crippen LogP contribution in [0.2, 0.25) is 5.02 Å². The van der Waals surface area contributed by atoms with E-state index in [1.807, 2.05) is 24.3 Å². The van der Waals surface area contributed by atoms with Crippen LogP contribution in [0.25, 0.3) is 0 Å². The smallest absolute Gasteiger partial charge is 0.253 e. The number of amides is 1. The van der Waals surface area contributed by atoms with Gasteiger partial charge in [0, 0.05) is 35.8 Å². The van der Waals surface area contributed by atoms with Crippen LogP contribution >= 0.6 is 11.6 Å². The lowest BCUT2D eigenvalue weighted by Crippen LogP contribution is -2.23. The van der Waals surface area contributed by atoms with Gasteiger partial charge < -0.3 is 10.6 Å². The number of carbonyl (C=O) groups excluding carboxylic acids is 1. The van der Waals surface area contributed by atoms with E-state index in [0.29, 0.717) is 22.8 Å². The lowest BCUT2D eigenvalue weighted by atomic mass is 10.2. The van der Waals surface area contributed by atoms with E-state index in [2.05, 4.69) is 20.6 Å². The molecule has 24 heavy (non-hydrogen) atoms. The fourth-order valence-corrected chi connectivity index (χ4v) is 2.34. The molecule has 1 aromatic carbocycles. The number of pyridine rings is 2. The molecule has 0 unspecified atom stereocenters. The monoisotopic (exact) mass is 338 g/mol. The van der Waals surface area contributed by atoms with E-state index in [1.54, 1.807) is 36.8 Å². The number of nitrogens with one attached hydrogen (secondary N) is 2. The maximum Gasteiger partial charge on any atom is 0.253 e. The van der Waals surface area contributed by atoms with Crippen molar-refractivity contribution in [3.8, 4) is 0 Å². The van der Waals surface area contributed by atoms with E-state index in [4.69, 9.17) is 11.6 Å². The zero-order valence-electron chi connectivity index (χ0n) is 12.7. The number of hydrogen-bond acceptors (Lipinski definition) is 4. The summed E-state index contributed by atoms with van der Waals surface area (Å²) in [5, 5.41) is 6.68. The van der Waals surface area contributed by atoms with Gasteiger partial charge in [0.25, 0.3) is 5.91 Å². The van der Waals surface area contributed by atoms with Gasteiger partial charge in [0.15, 0.2) is 0 Å². The van der Waals surface area contributed by atoms with Crippen molar-refractivity contribution >= 4 is 28.9 Å². The van der Waals surface area contributed by atoms with Crippen LogP contribution in [0.4, 0.5) is 11.4 Å². The van der Waals surface area contributed by atoms with Gasteiger partial charge in [0.2, 0.25) is 0 Å². The number of anilines is 2. The van der Waals surface area contributed by atoms with Crippen LogP contribution in [0.5, 0.6) is 0 Å². The molecule has 2 aromatic heterocycles. The van der Waals surface area contributed by atoms with Crippen molar-refractivity contribution in [1.29, 1.82) is 0 Å². The van der Waals surface area contributed by atoms with Crippen molar-refractivity contribution in [3.63, 3.8) is 0 Å². The number of hydrogen-bond donors (Lipinski definition) is 2. The minimum Gasteiger partial charge on any atom is -0.354 e. The fraction of sp³-hybridized carbons (Fsp3) is 0.0556. The molecular formula is C18H15ClN4O. The SMILES string of the molecule is O=C(NCc1ccncc1)c1cncc(Nc2cccc(Cl)c2)c1. The fourth-order valence-electron chi connectivity index (χ4n) is 2.15. The van der Waals surface area contributed by atoms with Gasteiger partial charge in [-0.1, -0.05) is 17.7 Å². The molecule has 0 saturated heterocycles. The van der Waals surface area contributed by atoms with Crippen molar-refractivity contribution in [2.24, 2.45) is 0 Å². The molecule has 0 atom stereocenters. The Balaban J connectivity index is 1.67. The van der Waals surface area contributed by atoms with E-state index in [1.165, 1.54) is 6.20 Å². The summed E-state index contributed by atoms with van der Waals surface area (Å²) in [5.74, 6) is -0.186. The molecule has 2 N–H and O–H groups in total. The van der Waals surface area contributed by atoms with Gasteiger partial charge in [-0.05, 0) is 42.0 Å². The van der Waals surface area contributed by atoms with Gasteiger partial charge in [-0.15, -0.1) is 0 Å². The highest BCUT2D eigenvalue weighted by Crippen LogP contribution is 2.20. The predicted octanol–water partition coefficient (Wildman–Crippen LogP) is 3.80. The first-order chi connectivity index (χ1) is 11.7. The van der Waals surface area contributed by atoms with Crippen LogP contribution in [-0.2, 0) is 6.54 Å². The minimum absolute atomic E-state index is 0.186. The first-order valence-electron chi connectivity index (χ1n) is 7.35. The van der Waals surface area contributed by atoms with E-state index >= 15 is 0 Å². The summed E-state index contributed by atoms with van der Waals surface area (Å²) in [4.78, 5) is 20.3. The van der Waals surface area contributed by atoms with E-state index < -0.39 is 0 Å². The standard InChI is InChI=1S/C18H15ClN4O/c19-15-2-1-3-16(9-15)23-17-8-14(11-21-12-17)18(24)22-10-13-4-6-20-7-5-13/h1-9,11-12,23H,10H2,(H,22,24). The summed E-state index contributed by atoms with van der Waals surface area (Å²) in [6, 6.07) is 12.8. The van der Waals surface area contributed by atoms with Gasteiger partial charge in [-0.25, -0.2) is 0 Å². The number of benzene rings is 1. The third-order valence-corrected chi connectivity index (χ3v) is 3.55. The molecular weight excluding hydrogens is 324 g/mol. The van der Waals surface area contributed by atoms with Crippen LogP contribution in [0.1, 0.15) is 15.9 Å². The number of aromatic nitrogens is 2. The third kappa shape index (κ3) is 4.30. The van der Waals surface area contributed by atoms with Crippen LogP contribution in [0, 0.1) is 0 Å². The Morgan fingerprint density at radius 1 is 1.00 bits per heavy atom. The molecule has 2 heterocycles. The van der Waals surface area contributed by atoms with Crippen LogP contribution < -0.4 is 10.6 Å². The first kappa shape index (κ1) is 16.0. The van der Waals surface area contributed by atoms with Crippen LogP contribution in [0.15, 0.2) is 67.3 Å². The summed E-state index contributed by atoms with van der Waals surface area (Å²) in [6.45, 7) is 0.438. The summed E-state index contributed by atoms with van der Waals surface area (Å²) < 4.78 is 0. The van der Waals surface area contributed by atoms with E-state index in [-0.39, 0.29) is 5.91 Å². The molecule has 0 aliphatic heterocycles. The zero-order valence-corrected chi connectivity index (χ0v) is 13.5. The molecule has 1 amide bonds. The number of halogens is 1. The molecule has 0 fully saturated rings. The topological polar surface area (TPSA) is 66.9 Å². The Morgan fingerprint density at radius 3 is 2.62 bits per heavy atom. The maximum atomic E-state index is 12.3. The molecule has 6 heteroatoms. The minimum atomic E-state index is -0.186. The second-order valence-corrected chi connectivity index (χ2v) is 5.57. The molecule has 120 valence electrons. The molecule has 0 aliphatic carbocycles. The summed E-state index contributed by atoms with van der Waals surface area (Å²) in [5.41, 5.74) is 3.02. The molecule has 0 spiro atoms. The highest BCUT2D eigenvalue weighted by Gasteiger charge is 2.07. The van der Waals surface area contributed by atoms with E-state index in [0.717, 1.165) is 11.3 Å².